The van der Waals surface area contributed by atoms with Gasteiger partial charge in [-0.15, -0.1) is 11.8 Å². The molecule has 18 heavy (non-hydrogen) atoms. The Morgan fingerprint density at radius 2 is 2.11 bits per heavy atom. The van der Waals surface area contributed by atoms with Crippen LogP contribution in [0.25, 0.3) is 0 Å². The minimum Gasteiger partial charge on any atom is -0.362 e. The molecular weight excluding hydrogens is 248 g/mol. The topological polar surface area (TPSA) is 62.0 Å². The maximum Gasteiger partial charge on any atom is 0.230 e. The van der Waals surface area contributed by atoms with E-state index in [0.29, 0.717) is 17.5 Å². The predicted molar refractivity (Wildman–Crippen MR) is 73.1 cm³/mol. The number of aryl methyl sites for hydroxylation is 2. The van der Waals surface area contributed by atoms with Gasteiger partial charge in [0, 0.05) is 23.0 Å². The normalized spacial score (nSPS) is 14.6. The first kappa shape index (κ1) is 13.2. The molecule has 2 N–H and O–H groups in total. The molecule has 1 fully saturated rings. The largest absolute Gasteiger partial charge is 0.362 e. The van der Waals surface area contributed by atoms with Crippen LogP contribution in [0.15, 0.2) is 6.07 Å². The van der Waals surface area contributed by atoms with Gasteiger partial charge in [-0.25, -0.2) is 0 Å². The van der Waals surface area contributed by atoms with E-state index in [1.54, 1.807) is 0 Å². The summed E-state index contributed by atoms with van der Waals surface area (Å²) >= 11 is 1.38. The van der Waals surface area contributed by atoms with Gasteiger partial charge in [-0.2, -0.15) is 0 Å². The molecule has 0 spiro atoms. The number of H-pyrrole nitrogens is 1. The minimum atomic E-state index is 0.0391. The third kappa shape index (κ3) is 3.63. The predicted octanol–water partition coefficient (Wildman–Crippen LogP) is 1.83. The third-order valence-corrected chi connectivity index (χ3v) is 3.79. The fourth-order valence-corrected chi connectivity index (χ4v) is 2.54. The van der Waals surface area contributed by atoms with Crippen LogP contribution in [0.2, 0.25) is 0 Å². The quantitative estimate of drug-likeness (QED) is 0.772. The fraction of sp³-hybridized carbons (Fsp3) is 0.538. The van der Waals surface area contributed by atoms with Crippen LogP contribution in [0.5, 0.6) is 0 Å². The molecule has 5 heteroatoms. The summed E-state index contributed by atoms with van der Waals surface area (Å²) in [5, 5.41) is 2.91. The second-order valence-corrected chi connectivity index (χ2v) is 5.73. The number of hydrogen-bond donors (Lipinski definition) is 2. The van der Waals surface area contributed by atoms with E-state index >= 15 is 0 Å². The Morgan fingerprint density at radius 3 is 2.67 bits per heavy atom. The molecule has 4 nitrogen and oxygen atoms in total. The number of aromatic nitrogens is 1. The molecule has 1 heterocycles. The molecule has 0 radical (unpaired) electrons. The monoisotopic (exact) mass is 266 g/mol. The zero-order valence-corrected chi connectivity index (χ0v) is 11.5. The third-order valence-electron chi connectivity index (χ3n) is 2.86. The van der Waals surface area contributed by atoms with Gasteiger partial charge in [-0.3, -0.25) is 9.59 Å². The van der Waals surface area contributed by atoms with Crippen LogP contribution in [0.3, 0.4) is 0 Å². The van der Waals surface area contributed by atoms with Crippen LogP contribution in [0, 0.1) is 13.8 Å². The number of Topliss-reactive ketones (excluding diaryl/α,β-unsaturated/α-hetero) is 1. The van der Waals surface area contributed by atoms with E-state index in [1.165, 1.54) is 11.8 Å². The Balaban J connectivity index is 1.74. The number of nitrogens with one attached hydrogen (secondary N) is 2. The second kappa shape index (κ2) is 5.61. The number of aromatic amines is 1. The van der Waals surface area contributed by atoms with Gasteiger partial charge in [0.05, 0.1) is 11.5 Å². The van der Waals surface area contributed by atoms with Crippen molar-refractivity contribution in [1.29, 1.82) is 0 Å². The number of carbonyl (C=O) groups is 2. The molecule has 98 valence electrons. The first-order valence-corrected chi connectivity index (χ1v) is 7.28. The Bertz CT molecular complexity index is 464. The zero-order valence-electron chi connectivity index (χ0n) is 10.7. The SMILES string of the molecule is Cc1cc(C(=O)CSCC(=O)NC2CC2)c(C)[nH]1. The van der Waals surface area contributed by atoms with Crippen molar-refractivity contribution in [2.45, 2.75) is 32.7 Å². The van der Waals surface area contributed by atoms with Gasteiger partial charge in [-0.1, -0.05) is 0 Å². The number of ketones is 1. The summed E-state index contributed by atoms with van der Waals surface area (Å²) in [5.41, 5.74) is 2.63. The molecule has 1 amide bonds. The Morgan fingerprint density at radius 1 is 1.39 bits per heavy atom. The van der Waals surface area contributed by atoms with Gasteiger partial charge in [0.1, 0.15) is 0 Å². The molecule has 0 unspecified atom stereocenters. The minimum absolute atomic E-state index is 0.0391. The van der Waals surface area contributed by atoms with E-state index < -0.39 is 0 Å². The number of carbonyl (C=O) groups excluding carboxylic acids is 2. The average molecular weight is 266 g/mol. The van der Waals surface area contributed by atoms with E-state index in [-0.39, 0.29) is 11.7 Å². The molecule has 1 saturated carbocycles. The summed E-state index contributed by atoms with van der Waals surface area (Å²) in [5.74, 6) is 0.847. The smallest absolute Gasteiger partial charge is 0.230 e. The van der Waals surface area contributed by atoms with Crippen molar-refractivity contribution in [2.24, 2.45) is 0 Å². The summed E-state index contributed by atoms with van der Waals surface area (Å²) in [6.07, 6.45) is 2.19. The van der Waals surface area contributed by atoms with Crippen LogP contribution in [0.4, 0.5) is 0 Å². The fourth-order valence-electron chi connectivity index (χ4n) is 1.82. The highest BCUT2D eigenvalue weighted by atomic mass is 32.2. The molecule has 0 bridgehead atoms. The second-order valence-electron chi connectivity index (χ2n) is 4.75. The van der Waals surface area contributed by atoms with Gasteiger partial charge in [0.15, 0.2) is 5.78 Å². The first-order chi connectivity index (χ1) is 8.56. The Labute approximate surface area is 111 Å². The lowest BCUT2D eigenvalue weighted by Gasteiger charge is -2.02. The van der Waals surface area contributed by atoms with Gasteiger partial charge in [-0.05, 0) is 32.8 Å². The maximum atomic E-state index is 11.9. The highest BCUT2D eigenvalue weighted by Crippen LogP contribution is 2.19. The lowest BCUT2D eigenvalue weighted by atomic mass is 10.2. The highest BCUT2D eigenvalue weighted by Gasteiger charge is 2.23. The van der Waals surface area contributed by atoms with Crippen molar-refractivity contribution < 1.29 is 9.59 Å². The summed E-state index contributed by atoms with van der Waals surface area (Å²) in [4.78, 5) is 26.5. The number of thioether (sulfide) groups is 1. The van der Waals surface area contributed by atoms with Crippen molar-refractivity contribution in [3.63, 3.8) is 0 Å². The molecule has 1 aliphatic rings. The molecular formula is C13H18N2O2S. The molecule has 0 aliphatic heterocycles. The summed E-state index contributed by atoms with van der Waals surface area (Å²) < 4.78 is 0. The summed E-state index contributed by atoms with van der Waals surface area (Å²) in [6.45, 7) is 3.82. The molecule has 1 aliphatic carbocycles. The van der Waals surface area contributed by atoms with Crippen molar-refractivity contribution in [2.75, 3.05) is 11.5 Å². The molecule has 1 aromatic heterocycles. The molecule has 2 rings (SSSR count). The number of amides is 1. The van der Waals surface area contributed by atoms with Gasteiger partial charge in [0.25, 0.3) is 0 Å². The van der Waals surface area contributed by atoms with Crippen LogP contribution >= 0.6 is 11.8 Å². The highest BCUT2D eigenvalue weighted by molar-refractivity contribution is 8.00. The number of hydrogen-bond acceptors (Lipinski definition) is 3. The van der Waals surface area contributed by atoms with Crippen molar-refractivity contribution in [3.05, 3.63) is 23.0 Å². The van der Waals surface area contributed by atoms with Gasteiger partial charge in [0.2, 0.25) is 5.91 Å². The van der Waals surface area contributed by atoms with Crippen LogP contribution in [-0.2, 0) is 4.79 Å². The van der Waals surface area contributed by atoms with E-state index in [4.69, 9.17) is 0 Å². The Hall–Kier alpha value is -1.23. The van der Waals surface area contributed by atoms with Gasteiger partial charge < -0.3 is 10.3 Å². The Kier molecular flexibility index (Phi) is 4.11. The van der Waals surface area contributed by atoms with E-state index in [1.807, 2.05) is 19.9 Å². The van der Waals surface area contributed by atoms with E-state index in [9.17, 15) is 9.59 Å². The molecule has 0 atom stereocenters. The van der Waals surface area contributed by atoms with Gasteiger partial charge >= 0.3 is 0 Å². The van der Waals surface area contributed by atoms with Crippen molar-refractivity contribution >= 4 is 23.5 Å². The van der Waals surface area contributed by atoms with Crippen LogP contribution in [-0.4, -0.2) is 34.2 Å². The van der Waals surface area contributed by atoms with Crippen molar-refractivity contribution in [3.8, 4) is 0 Å². The molecule has 1 aromatic rings. The van der Waals surface area contributed by atoms with Crippen LogP contribution in [0.1, 0.15) is 34.6 Å². The van der Waals surface area contributed by atoms with Crippen molar-refractivity contribution in [1.82, 2.24) is 10.3 Å². The van der Waals surface area contributed by atoms with E-state index in [2.05, 4.69) is 10.3 Å². The molecule has 0 saturated heterocycles. The van der Waals surface area contributed by atoms with Crippen LogP contribution < -0.4 is 5.32 Å². The first-order valence-electron chi connectivity index (χ1n) is 6.13. The lowest BCUT2D eigenvalue weighted by Crippen LogP contribution is -2.27. The lowest BCUT2D eigenvalue weighted by molar-refractivity contribution is -0.118. The van der Waals surface area contributed by atoms with E-state index in [0.717, 1.165) is 29.8 Å². The number of rotatable bonds is 6. The molecule has 0 aromatic carbocycles. The standard InChI is InChI=1S/C13H18N2O2S/c1-8-5-11(9(2)14-8)12(16)6-18-7-13(17)15-10-3-4-10/h5,10,14H,3-4,6-7H2,1-2H3,(H,15,17). The maximum absolute atomic E-state index is 11.9. The average Bonchev–Trinajstić information content (AvgIpc) is 3.02. The zero-order chi connectivity index (χ0) is 13.1. The summed E-state index contributed by atoms with van der Waals surface area (Å²) in [7, 11) is 0. The summed E-state index contributed by atoms with van der Waals surface area (Å²) in [6, 6.07) is 2.26.